The molecule has 0 radical (unpaired) electrons. The Morgan fingerprint density at radius 1 is 1.50 bits per heavy atom. The molecule has 2 rings (SSSR count). The summed E-state index contributed by atoms with van der Waals surface area (Å²) in [4.78, 5) is 17.7. The standard InChI is InChI=1S/C15H14N2O2S/c1-10-9-14(20-13(10)6-4-8-18)15(19)17-12-5-3-7-16-11(12)2/h3,5,7,9,18H,8H2,1-2H3,(H,17,19). The monoisotopic (exact) mass is 286 g/mol. The van der Waals surface area contributed by atoms with E-state index in [1.54, 1.807) is 18.3 Å². The minimum absolute atomic E-state index is 0.175. The Hall–Kier alpha value is -2.16. The molecule has 1 amide bonds. The number of nitrogens with one attached hydrogen (secondary N) is 1. The van der Waals surface area contributed by atoms with Gasteiger partial charge in [0.1, 0.15) is 6.61 Å². The molecule has 2 aromatic heterocycles. The predicted octanol–water partition coefficient (Wildman–Crippen LogP) is 2.36. The molecular weight excluding hydrogens is 272 g/mol. The molecule has 0 saturated heterocycles. The highest BCUT2D eigenvalue weighted by Gasteiger charge is 2.12. The number of thiophene rings is 1. The van der Waals surface area contributed by atoms with E-state index in [-0.39, 0.29) is 12.5 Å². The molecule has 20 heavy (non-hydrogen) atoms. The van der Waals surface area contributed by atoms with Crippen molar-refractivity contribution in [3.8, 4) is 11.8 Å². The Morgan fingerprint density at radius 2 is 2.30 bits per heavy atom. The zero-order valence-electron chi connectivity index (χ0n) is 11.2. The summed E-state index contributed by atoms with van der Waals surface area (Å²) in [5.41, 5.74) is 2.41. The van der Waals surface area contributed by atoms with Crippen molar-refractivity contribution >= 4 is 22.9 Å². The highest BCUT2D eigenvalue weighted by molar-refractivity contribution is 7.14. The molecule has 0 aromatic carbocycles. The first-order valence-electron chi connectivity index (χ1n) is 6.05. The van der Waals surface area contributed by atoms with Crippen LogP contribution in [0.15, 0.2) is 24.4 Å². The van der Waals surface area contributed by atoms with Crippen LogP contribution in [0.5, 0.6) is 0 Å². The van der Waals surface area contributed by atoms with Crippen molar-refractivity contribution in [1.82, 2.24) is 4.98 Å². The van der Waals surface area contributed by atoms with Gasteiger partial charge in [0.2, 0.25) is 0 Å². The number of hydrogen-bond donors (Lipinski definition) is 2. The third-order valence-electron chi connectivity index (χ3n) is 2.68. The molecule has 0 aliphatic carbocycles. The van der Waals surface area contributed by atoms with Crippen molar-refractivity contribution in [2.45, 2.75) is 13.8 Å². The van der Waals surface area contributed by atoms with Crippen LogP contribution in [0.3, 0.4) is 0 Å². The molecule has 4 nitrogen and oxygen atoms in total. The fourth-order valence-corrected chi connectivity index (χ4v) is 2.58. The van der Waals surface area contributed by atoms with E-state index in [2.05, 4.69) is 22.1 Å². The maximum absolute atomic E-state index is 12.2. The number of anilines is 1. The molecule has 2 N–H and O–H groups in total. The van der Waals surface area contributed by atoms with Crippen LogP contribution in [0.4, 0.5) is 5.69 Å². The second kappa shape index (κ2) is 6.33. The summed E-state index contributed by atoms with van der Waals surface area (Å²) in [6.45, 7) is 3.55. The predicted molar refractivity (Wildman–Crippen MR) is 79.9 cm³/mol. The van der Waals surface area contributed by atoms with E-state index in [4.69, 9.17) is 5.11 Å². The summed E-state index contributed by atoms with van der Waals surface area (Å²) in [5.74, 6) is 5.26. The average molecular weight is 286 g/mol. The van der Waals surface area contributed by atoms with Gasteiger partial charge in [0, 0.05) is 6.20 Å². The first kappa shape index (κ1) is 14.3. The van der Waals surface area contributed by atoms with Crippen LogP contribution in [0.1, 0.15) is 25.8 Å². The van der Waals surface area contributed by atoms with E-state index >= 15 is 0 Å². The number of rotatable bonds is 2. The fraction of sp³-hybridized carbons (Fsp3) is 0.200. The lowest BCUT2D eigenvalue weighted by molar-refractivity contribution is 0.103. The van der Waals surface area contributed by atoms with Gasteiger partial charge in [-0.05, 0) is 37.6 Å². The van der Waals surface area contributed by atoms with Gasteiger partial charge in [0.15, 0.2) is 0 Å². The molecule has 0 saturated carbocycles. The average Bonchev–Trinajstić information content (AvgIpc) is 2.80. The number of carbonyl (C=O) groups excluding carboxylic acids is 1. The third-order valence-corrected chi connectivity index (χ3v) is 3.83. The van der Waals surface area contributed by atoms with Crippen molar-refractivity contribution in [3.63, 3.8) is 0 Å². The fourth-order valence-electron chi connectivity index (χ4n) is 1.64. The van der Waals surface area contributed by atoms with Gasteiger partial charge >= 0.3 is 0 Å². The summed E-state index contributed by atoms with van der Waals surface area (Å²) >= 11 is 1.32. The topological polar surface area (TPSA) is 62.2 Å². The number of carbonyl (C=O) groups is 1. The van der Waals surface area contributed by atoms with E-state index in [9.17, 15) is 4.79 Å². The maximum atomic E-state index is 12.2. The van der Waals surface area contributed by atoms with Crippen molar-refractivity contribution in [1.29, 1.82) is 0 Å². The van der Waals surface area contributed by atoms with Crippen molar-refractivity contribution in [3.05, 3.63) is 45.4 Å². The molecule has 0 bridgehead atoms. The number of amides is 1. The van der Waals surface area contributed by atoms with Gasteiger partial charge in [-0.3, -0.25) is 9.78 Å². The summed E-state index contributed by atoms with van der Waals surface area (Å²) in [6.07, 6.45) is 1.68. The highest BCUT2D eigenvalue weighted by atomic mass is 32.1. The molecule has 5 heteroatoms. The Bertz CT molecular complexity index is 695. The zero-order chi connectivity index (χ0) is 14.5. The van der Waals surface area contributed by atoms with Crippen LogP contribution in [-0.4, -0.2) is 22.6 Å². The van der Waals surface area contributed by atoms with E-state index in [0.29, 0.717) is 10.6 Å². The SMILES string of the molecule is Cc1cc(C(=O)Nc2cccnc2C)sc1C#CCO. The third kappa shape index (κ3) is 3.23. The summed E-state index contributed by atoms with van der Waals surface area (Å²) in [6, 6.07) is 5.39. The summed E-state index contributed by atoms with van der Waals surface area (Å²) in [7, 11) is 0. The molecule has 0 atom stereocenters. The van der Waals surface area contributed by atoms with Gasteiger partial charge in [0.25, 0.3) is 5.91 Å². The van der Waals surface area contributed by atoms with Crippen LogP contribution in [0.2, 0.25) is 0 Å². The number of pyridine rings is 1. The summed E-state index contributed by atoms with van der Waals surface area (Å²) in [5, 5.41) is 11.5. The van der Waals surface area contributed by atoms with E-state index in [1.165, 1.54) is 11.3 Å². The number of hydrogen-bond acceptors (Lipinski definition) is 4. The minimum atomic E-state index is -0.187. The molecule has 2 heterocycles. The lowest BCUT2D eigenvalue weighted by Gasteiger charge is -2.05. The van der Waals surface area contributed by atoms with Crippen molar-refractivity contribution in [2.24, 2.45) is 0 Å². The van der Waals surface area contributed by atoms with Gasteiger partial charge in [-0.2, -0.15) is 0 Å². The van der Waals surface area contributed by atoms with E-state index in [0.717, 1.165) is 16.1 Å². The van der Waals surface area contributed by atoms with Crippen LogP contribution >= 0.6 is 11.3 Å². The molecular formula is C15H14N2O2S. The van der Waals surface area contributed by atoms with Crippen LogP contribution in [-0.2, 0) is 0 Å². The molecule has 102 valence electrons. The summed E-state index contributed by atoms with van der Waals surface area (Å²) < 4.78 is 0. The van der Waals surface area contributed by atoms with Gasteiger partial charge in [-0.25, -0.2) is 0 Å². The Labute approximate surface area is 121 Å². The zero-order valence-corrected chi connectivity index (χ0v) is 12.0. The van der Waals surface area contributed by atoms with Gasteiger partial charge in [-0.15, -0.1) is 11.3 Å². The van der Waals surface area contributed by atoms with Gasteiger partial charge in [0.05, 0.1) is 21.1 Å². The van der Waals surface area contributed by atoms with Crippen molar-refractivity contribution in [2.75, 3.05) is 11.9 Å². The normalized spacial score (nSPS) is 9.75. The number of nitrogens with zero attached hydrogens (tertiary/aromatic N) is 1. The number of aromatic nitrogens is 1. The maximum Gasteiger partial charge on any atom is 0.265 e. The molecule has 2 aromatic rings. The van der Waals surface area contributed by atoms with Crippen LogP contribution < -0.4 is 5.32 Å². The molecule has 0 unspecified atom stereocenters. The second-order valence-corrected chi connectivity index (χ2v) is 5.23. The lowest BCUT2D eigenvalue weighted by Crippen LogP contribution is -2.11. The first-order valence-corrected chi connectivity index (χ1v) is 6.86. The first-order chi connectivity index (χ1) is 9.61. The largest absolute Gasteiger partial charge is 0.384 e. The Kier molecular flexibility index (Phi) is 4.51. The Morgan fingerprint density at radius 3 is 3.00 bits per heavy atom. The smallest absolute Gasteiger partial charge is 0.265 e. The van der Waals surface area contributed by atoms with E-state index < -0.39 is 0 Å². The number of aryl methyl sites for hydroxylation is 2. The molecule has 0 aliphatic heterocycles. The molecule has 0 spiro atoms. The highest BCUT2D eigenvalue weighted by Crippen LogP contribution is 2.22. The Balaban J connectivity index is 2.20. The molecule has 0 fully saturated rings. The second-order valence-electron chi connectivity index (χ2n) is 4.17. The van der Waals surface area contributed by atoms with Crippen LogP contribution in [0.25, 0.3) is 0 Å². The van der Waals surface area contributed by atoms with Gasteiger partial charge < -0.3 is 10.4 Å². The minimum Gasteiger partial charge on any atom is -0.384 e. The van der Waals surface area contributed by atoms with Gasteiger partial charge in [-0.1, -0.05) is 11.8 Å². The lowest BCUT2D eigenvalue weighted by atomic mass is 10.2. The van der Waals surface area contributed by atoms with Crippen LogP contribution in [0, 0.1) is 25.7 Å². The van der Waals surface area contributed by atoms with E-state index in [1.807, 2.05) is 19.9 Å². The number of aliphatic hydroxyl groups excluding tert-OH is 1. The number of aliphatic hydroxyl groups is 1. The molecule has 0 aliphatic rings. The van der Waals surface area contributed by atoms with Crippen molar-refractivity contribution < 1.29 is 9.90 Å². The quantitative estimate of drug-likeness (QED) is 0.833.